The van der Waals surface area contributed by atoms with E-state index < -0.39 is 6.04 Å². The van der Waals surface area contributed by atoms with Gasteiger partial charge in [0.25, 0.3) is 5.91 Å². The van der Waals surface area contributed by atoms with E-state index in [1.807, 2.05) is 63.2 Å². The molecule has 0 aliphatic carbocycles. The number of aryl methyl sites for hydroxylation is 2. The van der Waals surface area contributed by atoms with Crippen LogP contribution in [0.1, 0.15) is 44.4 Å². The molecule has 2 rings (SSSR count). The molecule has 168 valence electrons. The molecule has 0 radical (unpaired) electrons. The number of halogens is 1. The second kappa shape index (κ2) is 11.9. The van der Waals surface area contributed by atoms with Gasteiger partial charge in [0.2, 0.25) is 5.91 Å². The summed E-state index contributed by atoms with van der Waals surface area (Å²) < 4.78 is 6.61. The first-order chi connectivity index (χ1) is 14.7. The van der Waals surface area contributed by atoms with Gasteiger partial charge in [0.05, 0.1) is 4.47 Å². The smallest absolute Gasteiger partial charge is 0.261 e. The molecule has 1 N–H and O–H groups in total. The van der Waals surface area contributed by atoms with E-state index in [-0.39, 0.29) is 18.4 Å². The average molecular weight is 489 g/mol. The Morgan fingerprint density at radius 1 is 1.06 bits per heavy atom. The largest absolute Gasteiger partial charge is 0.483 e. The van der Waals surface area contributed by atoms with E-state index in [0.717, 1.165) is 22.0 Å². The molecule has 0 aliphatic heterocycles. The molecule has 0 aliphatic rings. The quantitative estimate of drug-likeness (QED) is 0.517. The lowest BCUT2D eigenvalue weighted by Gasteiger charge is -2.29. The van der Waals surface area contributed by atoms with E-state index in [0.29, 0.717) is 24.8 Å². The minimum atomic E-state index is -0.609. The zero-order chi connectivity index (χ0) is 23.0. The fourth-order valence-electron chi connectivity index (χ4n) is 3.03. The van der Waals surface area contributed by atoms with Crippen molar-refractivity contribution >= 4 is 27.7 Å². The maximum atomic E-state index is 13.1. The van der Waals surface area contributed by atoms with Gasteiger partial charge in [-0.05, 0) is 65.4 Å². The summed E-state index contributed by atoms with van der Waals surface area (Å²) >= 11 is 3.51. The second-order valence-electron chi connectivity index (χ2n) is 8.23. The van der Waals surface area contributed by atoms with Crippen LogP contribution in [0, 0.1) is 12.8 Å². The number of carbonyl (C=O) groups is 2. The number of carbonyl (C=O) groups excluding carboxylic acids is 2. The van der Waals surface area contributed by atoms with Gasteiger partial charge < -0.3 is 15.0 Å². The van der Waals surface area contributed by atoms with Crippen LogP contribution in [0.4, 0.5) is 0 Å². The molecule has 6 heteroatoms. The number of hydrogen-bond acceptors (Lipinski definition) is 3. The first-order valence-corrected chi connectivity index (χ1v) is 11.5. The number of benzene rings is 2. The van der Waals surface area contributed by atoms with Gasteiger partial charge in [-0.2, -0.15) is 0 Å². The van der Waals surface area contributed by atoms with Crippen LogP contribution in [-0.2, 0) is 22.6 Å². The normalized spacial score (nSPS) is 11.8. The molecule has 2 amide bonds. The van der Waals surface area contributed by atoms with Gasteiger partial charge in [-0.15, -0.1) is 0 Å². The van der Waals surface area contributed by atoms with E-state index in [2.05, 4.69) is 28.2 Å². The molecule has 0 saturated heterocycles. The number of ether oxygens (including phenoxy) is 1. The van der Waals surface area contributed by atoms with Gasteiger partial charge >= 0.3 is 0 Å². The van der Waals surface area contributed by atoms with Crippen LogP contribution >= 0.6 is 15.9 Å². The van der Waals surface area contributed by atoms with Crippen molar-refractivity contribution in [1.82, 2.24) is 10.2 Å². The van der Waals surface area contributed by atoms with Gasteiger partial charge in [0, 0.05) is 13.1 Å². The van der Waals surface area contributed by atoms with Crippen molar-refractivity contribution in [2.45, 2.75) is 53.6 Å². The standard InChI is InChI=1S/C25H33BrN2O3/c1-6-20-11-12-23(22(26)13-20)31-16-24(29)28(15-21-9-7-18(4)8-10-21)19(5)25(30)27-14-17(2)3/h7-13,17,19H,6,14-16H2,1-5H3,(H,27,30)/t19-/m0/s1. The summed E-state index contributed by atoms with van der Waals surface area (Å²) in [5, 5.41) is 2.93. The third-order valence-electron chi connectivity index (χ3n) is 5.08. The molecule has 0 bridgehead atoms. The van der Waals surface area contributed by atoms with E-state index in [1.165, 1.54) is 5.56 Å². The van der Waals surface area contributed by atoms with Crippen molar-refractivity contribution in [3.8, 4) is 5.75 Å². The highest BCUT2D eigenvalue weighted by Gasteiger charge is 2.26. The molecule has 5 nitrogen and oxygen atoms in total. The highest BCUT2D eigenvalue weighted by molar-refractivity contribution is 9.10. The molecule has 2 aromatic carbocycles. The first kappa shape index (κ1) is 24.9. The zero-order valence-corrected chi connectivity index (χ0v) is 20.7. The van der Waals surface area contributed by atoms with E-state index in [9.17, 15) is 9.59 Å². The molecule has 0 fully saturated rings. The highest BCUT2D eigenvalue weighted by Crippen LogP contribution is 2.26. The summed E-state index contributed by atoms with van der Waals surface area (Å²) in [5.74, 6) is 0.545. The molecule has 31 heavy (non-hydrogen) atoms. The Kier molecular flexibility index (Phi) is 9.56. The average Bonchev–Trinajstić information content (AvgIpc) is 2.75. The predicted molar refractivity (Wildman–Crippen MR) is 128 cm³/mol. The van der Waals surface area contributed by atoms with Crippen molar-refractivity contribution in [1.29, 1.82) is 0 Å². The summed E-state index contributed by atoms with van der Waals surface area (Å²) in [6.45, 7) is 10.7. The van der Waals surface area contributed by atoms with Crippen molar-refractivity contribution in [3.63, 3.8) is 0 Å². The number of nitrogens with zero attached hydrogens (tertiary/aromatic N) is 1. The Morgan fingerprint density at radius 2 is 1.71 bits per heavy atom. The van der Waals surface area contributed by atoms with Crippen molar-refractivity contribution in [2.24, 2.45) is 5.92 Å². The minimum Gasteiger partial charge on any atom is -0.483 e. The topological polar surface area (TPSA) is 58.6 Å². The van der Waals surface area contributed by atoms with E-state index >= 15 is 0 Å². The van der Waals surface area contributed by atoms with Crippen molar-refractivity contribution < 1.29 is 14.3 Å². The van der Waals surface area contributed by atoms with Crippen LogP contribution in [0.3, 0.4) is 0 Å². The van der Waals surface area contributed by atoms with Gasteiger partial charge in [-0.25, -0.2) is 0 Å². The fraction of sp³-hybridized carbons (Fsp3) is 0.440. The summed E-state index contributed by atoms with van der Waals surface area (Å²) in [7, 11) is 0. The van der Waals surface area contributed by atoms with E-state index in [1.54, 1.807) is 11.8 Å². The van der Waals surface area contributed by atoms with Crippen LogP contribution in [0.5, 0.6) is 5.75 Å². The van der Waals surface area contributed by atoms with Gasteiger partial charge in [-0.3, -0.25) is 9.59 Å². The second-order valence-corrected chi connectivity index (χ2v) is 9.08. The van der Waals surface area contributed by atoms with Crippen molar-refractivity contribution in [3.05, 3.63) is 63.6 Å². The van der Waals surface area contributed by atoms with Gasteiger partial charge in [-0.1, -0.05) is 56.7 Å². The highest BCUT2D eigenvalue weighted by atomic mass is 79.9. The molecule has 1 atom stereocenters. The summed E-state index contributed by atoms with van der Waals surface area (Å²) in [4.78, 5) is 27.4. The van der Waals surface area contributed by atoms with Crippen LogP contribution in [-0.4, -0.2) is 35.9 Å². The Bertz CT molecular complexity index is 881. The van der Waals surface area contributed by atoms with Gasteiger partial charge in [0.15, 0.2) is 6.61 Å². The van der Waals surface area contributed by atoms with Gasteiger partial charge in [0.1, 0.15) is 11.8 Å². The molecule has 0 spiro atoms. The van der Waals surface area contributed by atoms with Crippen LogP contribution in [0.25, 0.3) is 0 Å². The number of amides is 2. The third kappa shape index (κ3) is 7.69. The fourth-order valence-corrected chi connectivity index (χ4v) is 3.57. The Labute approximate surface area is 194 Å². The SMILES string of the molecule is CCc1ccc(OCC(=O)N(Cc2ccc(C)cc2)[C@@H](C)C(=O)NCC(C)C)c(Br)c1. The number of hydrogen-bond donors (Lipinski definition) is 1. The molecule has 0 heterocycles. The maximum Gasteiger partial charge on any atom is 0.261 e. The number of nitrogens with one attached hydrogen (secondary N) is 1. The summed E-state index contributed by atoms with van der Waals surface area (Å²) in [5.41, 5.74) is 3.30. The van der Waals surface area contributed by atoms with Crippen molar-refractivity contribution in [2.75, 3.05) is 13.2 Å². The molecule has 0 unspecified atom stereocenters. The molecule has 2 aromatic rings. The van der Waals surface area contributed by atoms with Crippen LogP contribution < -0.4 is 10.1 Å². The Morgan fingerprint density at radius 3 is 2.29 bits per heavy atom. The lowest BCUT2D eigenvalue weighted by molar-refractivity contribution is -0.142. The summed E-state index contributed by atoms with van der Waals surface area (Å²) in [6, 6.07) is 13.2. The molecule has 0 saturated carbocycles. The number of rotatable bonds is 10. The minimum absolute atomic E-state index is 0.141. The Balaban J connectivity index is 2.14. The third-order valence-corrected chi connectivity index (χ3v) is 5.70. The zero-order valence-electron chi connectivity index (χ0n) is 19.1. The maximum absolute atomic E-state index is 13.1. The summed E-state index contributed by atoms with van der Waals surface area (Å²) in [6.07, 6.45) is 0.922. The van der Waals surface area contributed by atoms with Crippen LogP contribution in [0.2, 0.25) is 0 Å². The van der Waals surface area contributed by atoms with E-state index in [4.69, 9.17) is 4.74 Å². The monoisotopic (exact) mass is 488 g/mol. The first-order valence-electron chi connectivity index (χ1n) is 10.7. The lowest BCUT2D eigenvalue weighted by Crippen LogP contribution is -2.49. The molecular formula is C25H33BrN2O3. The predicted octanol–water partition coefficient (Wildman–Crippen LogP) is 4.89. The molecular weight excluding hydrogens is 456 g/mol. The Hall–Kier alpha value is -2.34. The lowest BCUT2D eigenvalue weighted by atomic mass is 10.1. The van der Waals surface area contributed by atoms with Crippen LogP contribution in [0.15, 0.2) is 46.9 Å². The molecule has 0 aromatic heterocycles.